The summed E-state index contributed by atoms with van der Waals surface area (Å²) < 4.78 is 13.1. The predicted molar refractivity (Wildman–Crippen MR) is 71.1 cm³/mol. The summed E-state index contributed by atoms with van der Waals surface area (Å²) in [5.74, 6) is -0.854. The highest BCUT2D eigenvalue weighted by Gasteiger charge is 2.10. The molecule has 0 atom stereocenters. The summed E-state index contributed by atoms with van der Waals surface area (Å²) in [6.07, 6.45) is 4.09. The van der Waals surface area contributed by atoms with Gasteiger partial charge in [0, 0.05) is 24.6 Å². The second-order valence-electron chi connectivity index (χ2n) is 4.10. The molecule has 0 bridgehead atoms. The van der Waals surface area contributed by atoms with Crippen molar-refractivity contribution in [3.05, 3.63) is 59.7 Å². The first kappa shape index (κ1) is 13.0. The maximum atomic E-state index is 13.1. The molecule has 5 heteroatoms. The molecule has 1 heterocycles. The maximum absolute atomic E-state index is 13.1. The molecule has 2 aromatic rings. The van der Waals surface area contributed by atoms with Crippen molar-refractivity contribution in [2.24, 2.45) is 0 Å². The summed E-state index contributed by atoms with van der Waals surface area (Å²) in [7, 11) is 0. The van der Waals surface area contributed by atoms with Crippen LogP contribution in [0.15, 0.2) is 42.7 Å². The normalized spacial score (nSPS) is 10.2. The van der Waals surface area contributed by atoms with Crippen LogP contribution in [0.4, 0.5) is 10.1 Å². The van der Waals surface area contributed by atoms with Gasteiger partial charge in [-0.15, -0.1) is 0 Å². The summed E-state index contributed by atoms with van der Waals surface area (Å²) in [6, 6.07) is 7.50. The number of nitrogens with two attached hydrogens (primary N) is 1. The van der Waals surface area contributed by atoms with Gasteiger partial charge in [0.05, 0.1) is 5.56 Å². The van der Waals surface area contributed by atoms with Crippen LogP contribution in [0.5, 0.6) is 0 Å². The molecule has 3 N–H and O–H groups in total. The summed E-state index contributed by atoms with van der Waals surface area (Å²) >= 11 is 0. The number of rotatable bonds is 4. The minimum absolute atomic E-state index is 0.159. The number of nitrogen functional groups attached to an aromatic ring is 1. The largest absolute Gasteiger partial charge is 0.398 e. The Morgan fingerprint density at radius 1 is 1.37 bits per heavy atom. The van der Waals surface area contributed by atoms with Gasteiger partial charge in [0.25, 0.3) is 5.91 Å². The van der Waals surface area contributed by atoms with Gasteiger partial charge in [0.15, 0.2) is 0 Å². The van der Waals surface area contributed by atoms with Gasteiger partial charge in [0.1, 0.15) is 5.82 Å². The Labute approximate surface area is 110 Å². The van der Waals surface area contributed by atoms with E-state index >= 15 is 0 Å². The maximum Gasteiger partial charge on any atom is 0.253 e. The van der Waals surface area contributed by atoms with E-state index in [0.717, 1.165) is 11.6 Å². The van der Waals surface area contributed by atoms with Crippen LogP contribution in [0, 0.1) is 5.82 Å². The van der Waals surface area contributed by atoms with Crippen molar-refractivity contribution in [1.82, 2.24) is 10.3 Å². The molecule has 0 saturated carbocycles. The quantitative estimate of drug-likeness (QED) is 0.822. The Morgan fingerprint density at radius 3 is 2.95 bits per heavy atom. The van der Waals surface area contributed by atoms with E-state index in [4.69, 9.17) is 5.73 Å². The van der Waals surface area contributed by atoms with E-state index in [1.165, 1.54) is 12.1 Å². The average Bonchev–Trinajstić information content (AvgIpc) is 2.42. The molecule has 0 aliphatic rings. The Kier molecular flexibility index (Phi) is 4.07. The summed E-state index contributed by atoms with van der Waals surface area (Å²) in [5, 5.41) is 2.70. The van der Waals surface area contributed by atoms with Gasteiger partial charge in [-0.25, -0.2) is 4.39 Å². The van der Waals surface area contributed by atoms with E-state index in [9.17, 15) is 9.18 Å². The van der Waals surface area contributed by atoms with Crippen LogP contribution >= 0.6 is 0 Å². The van der Waals surface area contributed by atoms with E-state index in [0.29, 0.717) is 13.0 Å². The van der Waals surface area contributed by atoms with Gasteiger partial charge >= 0.3 is 0 Å². The lowest BCUT2D eigenvalue weighted by Crippen LogP contribution is -2.26. The Balaban J connectivity index is 1.93. The van der Waals surface area contributed by atoms with Gasteiger partial charge in [-0.05, 0) is 36.2 Å². The molecule has 0 spiro atoms. The molecule has 2 rings (SSSR count). The lowest BCUT2D eigenvalue weighted by molar-refractivity contribution is 0.0954. The van der Waals surface area contributed by atoms with Gasteiger partial charge in [-0.3, -0.25) is 9.78 Å². The van der Waals surface area contributed by atoms with Crippen molar-refractivity contribution >= 4 is 11.6 Å². The molecular formula is C14H14FN3O. The number of pyridine rings is 1. The fourth-order valence-corrected chi connectivity index (χ4v) is 1.69. The molecule has 0 aliphatic heterocycles. The van der Waals surface area contributed by atoms with E-state index in [2.05, 4.69) is 10.3 Å². The smallest absolute Gasteiger partial charge is 0.253 e. The standard InChI is InChI=1S/C14H14FN3O/c15-11-3-4-13(16)12(8-11)14(19)18-7-5-10-2-1-6-17-9-10/h1-4,6,8-9H,5,7,16H2,(H,18,19). The molecule has 98 valence electrons. The van der Waals surface area contributed by atoms with Crippen LogP contribution in [-0.2, 0) is 6.42 Å². The van der Waals surface area contributed by atoms with E-state index in [1.54, 1.807) is 12.4 Å². The number of nitrogens with one attached hydrogen (secondary N) is 1. The SMILES string of the molecule is Nc1ccc(F)cc1C(=O)NCCc1cccnc1. The summed E-state index contributed by atoms with van der Waals surface area (Å²) in [6.45, 7) is 0.445. The molecule has 0 unspecified atom stereocenters. The number of nitrogens with zero attached hydrogens (tertiary/aromatic N) is 1. The van der Waals surface area contributed by atoms with Crippen LogP contribution in [0.1, 0.15) is 15.9 Å². The number of benzene rings is 1. The van der Waals surface area contributed by atoms with Crippen molar-refractivity contribution in [2.45, 2.75) is 6.42 Å². The molecule has 1 aromatic carbocycles. The van der Waals surface area contributed by atoms with Gasteiger partial charge in [-0.2, -0.15) is 0 Å². The molecule has 0 fully saturated rings. The molecule has 0 aliphatic carbocycles. The van der Waals surface area contributed by atoms with E-state index in [-0.39, 0.29) is 17.2 Å². The third kappa shape index (κ3) is 3.51. The molecule has 1 aromatic heterocycles. The first-order valence-corrected chi connectivity index (χ1v) is 5.89. The van der Waals surface area contributed by atoms with Crippen molar-refractivity contribution in [2.75, 3.05) is 12.3 Å². The number of aromatic nitrogens is 1. The molecular weight excluding hydrogens is 245 g/mol. The molecule has 0 radical (unpaired) electrons. The number of amides is 1. The third-order valence-corrected chi connectivity index (χ3v) is 2.68. The van der Waals surface area contributed by atoms with Crippen molar-refractivity contribution in [3.63, 3.8) is 0 Å². The number of anilines is 1. The highest BCUT2D eigenvalue weighted by molar-refractivity contribution is 5.99. The predicted octanol–water partition coefficient (Wildman–Crippen LogP) is 1.78. The minimum atomic E-state index is -0.480. The van der Waals surface area contributed by atoms with Crippen LogP contribution in [-0.4, -0.2) is 17.4 Å². The Bertz CT molecular complexity index is 572. The number of hydrogen-bond donors (Lipinski definition) is 2. The lowest BCUT2D eigenvalue weighted by Gasteiger charge is -2.07. The Morgan fingerprint density at radius 2 is 2.21 bits per heavy atom. The van der Waals surface area contributed by atoms with E-state index in [1.807, 2.05) is 12.1 Å². The number of carbonyl (C=O) groups is 1. The second kappa shape index (κ2) is 5.95. The van der Waals surface area contributed by atoms with Crippen LogP contribution in [0.3, 0.4) is 0 Å². The fraction of sp³-hybridized carbons (Fsp3) is 0.143. The summed E-state index contributed by atoms with van der Waals surface area (Å²) in [5.41, 5.74) is 7.08. The van der Waals surface area contributed by atoms with Crippen LogP contribution in [0.25, 0.3) is 0 Å². The molecule has 4 nitrogen and oxygen atoms in total. The molecule has 0 saturated heterocycles. The number of halogens is 1. The van der Waals surface area contributed by atoms with Crippen LogP contribution < -0.4 is 11.1 Å². The van der Waals surface area contributed by atoms with Crippen molar-refractivity contribution in [3.8, 4) is 0 Å². The fourth-order valence-electron chi connectivity index (χ4n) is 1.69. The van der Waals surface area contributed by atoms with Crippen LogP contribution in [0.2, 0.25) is 0 Å². The zero-order valence-electron chi connectivity index (χ0n) is 10.3. The first-order valence-electron chi connectivity index (χ1n) is 5.89. The third-order valence-electron chi connectivity index (χ3n) is 2.68. The number of hydrogen-bond acceptors (Lipinski definition) is 3. The zero-order valence-corrected chi connectivity index (χ0v) is 10.3. The van der Waals surface area contributed by atoms with Gasteiger partial charge in [-0.1, -0.05) is 6.07 Å². The van der Waals surface area contributed by atoms with E-state index < -0.39 is 5.82 Å². The first-order chi connectivity index (χ1) is 9.16. The lowest BCUT2D eigenvalue weighted by atomic mass is 10.1. The van der Waals surface area contributed by atoms with Crippen molar-refractivity contribution < 1.29 is 9.18 Å². The zero-order chi connectivity index (χ0) is 13.7. The minimum Gasteiger partial charge on any atom is -0.398 e. The highest BCUT2D eigenvalue weighted by atomic mass is 19.1. The molecule has 1 amide bonds. The van der Waals surface area contributed by atoms with Crippen molar-refractivity contribution in [1.29, 1.82) is 0 Å². The Hall–Kier alpha value is -2.43. The summed E-state index contributed by atoms with van der Waals surface area (Å²) in [4.78, 5) is 15.8. The second-order valence-corrected chi connectivity index (χ2v) is 4.10. The topological polar surface area (TPSA) is 68.0 Å². The molecule has 19 heavy (non-hydrogen) atoms. The number of carbonyl (C=O) groups excluding carboxylic acids is 1. The van der Waals surface area contributed by atoms with Gasteiger partial charge < -0.3 is 11.1 Å². The average molecular weight is 259 g/mol. The monoisotopic (exact) mass is 259 g/mol. The van der Waals surface area contributed by atoms with Gasteiger partial charge in [0.2, 0.25) is 0 Å². The highest BCUT2D eigenvalue weighted by Crippen LogP contribution is 2.12.